The van der Waals surface area contributed by atoms with Crippen LogP contribution in [0.2, 0.25) is 0 Å². The summed E-state index contributed by atoms with van der Waals surface area (Å²) in [6, 6.07) is 6.78. The van der Waals surface area contributed by atoms with Crippen LogP contribution in [0.4, 0.5) is 5.95 Å². The highest BCUT2D eigenvalue weighted by molar-refractivity contribution is 5.96. The molecule has 3 rings (SSSR count). The van der Waals surface area contributed by atoms with E-state index in [4.69, 9.17) is 10.5 Å². The average molecular weight is 408 g/mol. The zero-order valence-electron chi connectivity index (χ0n) is 17.3. The Morgan fingerprint density at radius 2 is 2.17 bits per heavy atom. The van der Waals surface area contributed by atoms with Crippen LogP contribution in [0.1, 0.15) is 17.3 Å². The highest BCUT2D eigenvalue weighted by Crippen LogP contribution is 2.19. The van der Waals surface area contributed by atoms with E-state index in [9.17, 15) is 9.59 Å². The summed E-state index contributed by atoms with van der Waals surface area (Å²) in [5.41, 5.74) is 6.50. The Balaban J connectivity index is 2.04. The predicted octanol–water partition coefficient (Wildman–Crippen LogP) is 0.903. The lowest BCUT2D eigenvalue weighted by Crippen LogP contribution is -2.29. The van der Waals surface area contributed by atoms with Gasteiger partial charge in [-0.1, -0.05) is 18.1 Å². The maximum atomic E-state index is 13.2. The fraction of sp³-hybridized carbons (Fsp3) is 0.333. The summed E-state index contributed by atoms with van der Waals surface area (Å²) < 4.78 is 8.04. The summed E-state index contributed by atoms with van der Waals surface area (Å²) in [5.74, 6) is 6.71. The minimum atomic E-state index is -0.401. The Labute approximate surface area is 174 Å². The molecule has 156 valence electrons. The van der Waals surface area contributed by atoms with Crippen molar-refractivity contribution in [3.05, 3.63) is 46.4 Å². The molecule has 0 atom stereocenters. The minimum absolute atomic E-state index is 0.194. The van der Waals surface area contributed by atoms with Crippen LogP contribution in [0, 0.1) is 11.8 Å². The molecule has 9 heteroatoms. The zero-order valence-corrected chi connectivity index (χ0v) is 17.3. The number of fused-ring (bicyclic) bond motifs is 1. The first-order chi connectivity index (χ1) is 14.5. The van der Waals surface area contributed by atoms with Gasteiger partial charge in [0.15, 0.2) is 5.78 Å². The number of hydrogen-bond donors (Lipinski definition) is 1. The number of Topliss-reactive ketones (excluding diaryl/α,β-unsaturated/α-hetero) is 1. The molecule has 0 saturated heterocycles. The summed E-state index contributed by atoms with van der Waals surface area (Å²) in [6.07, 6.45) is 1.49. The van der Waals surface area contributed by atoms with Gasteiger partial charge in [-0.3, -0.25) is 14.2 Å². The number of carbonyl (C=O) groups is 1. The van der Waals surface area contributed by atoms with Crippen molar-refractivity contribution in [3.8, 4) is 17.6 Å². The van der Waals surface area contributed by atoms with Crippen LogP contribution in [0.15, 0.2) is 35.3 Å². The van der Waals surface area contributed by atoms with Gasteiger partial charge in [0.1, 0.15) is 23.3 Å². The Morgan fingerprint density at radius 1 is 1.37 bits per heavy atom. The summed E-state index contributed by atoms with van der Waals surface area (Å²) in [4.78, 5) is 32.3. The number of hydrogen-bond acceptors (Lipinski definition) is 7. The van der Waals surface area contributed by atoms with Crippen LogP contribution in [0.3, 0.4) is 0 Å². The van der Waals surface area contributed by atoms with Crippen molar-refractivity contribution in [3.63, 3.8) is 0 Å². The number of nitrogens with two attached hydrogens (primary N) is 1. The molecule has 0 amide bonds. The van der Waals surface area contributed by atoms with E-state index in [1.165, 1.54) is 13.3 Å². The number of aromatic nitrogens is 4. The molecule has 2 heterocycles. The third-order valence-corrected chi connectivity index (χ3v) is 4.64. The van der Waals surface area contributed by atoms with Gasteiger partial charge in [-0.15, -0.1) is 5.92 Å². The molecule has 2 N–H and O–H groups in total. The minimum Gasteiger partial charge on any atom is -0.497 e. The predicted molar refractivity (Wildman–Crippen MR) is 115 cm³/mol. The molecule has 30 heavy (non-hydrogen) atoms. The molecule has 0 unspecified atom stereocenters. The van der Waals surface area contributed by atoms with E-state index < -0.39 is 5.56 Å². The molecule has 2 aromatic heterocycles. The van der Waals surface area contributed by atoms with Gasteiger partial charge in [-0.25, -0.2) is 9.67 Å². The Kier molecular flexibility index (Phi) is 6.49. The average Bonchev–Trinajstić information content (AvgIpc) is 3.13. The van der Waals surface area contributed by atoms with Crippen molar-refractivity contribution in [1.82, 2.24) is 19.3 Å². The molecule has 0 aliphatic rings. The molecule has 0 aliphatic carbocycles. The normalized spacial score (nSPS) is 10.5. The molecule has 0 spiro atoms. The van der Waals surface area contributed by atoms with E-state index in [1.54, 1.807) is 35.8 Å². The molecule has 0 saturated carbocycles. The van der Waals surface area contributed by atoms with E-state index in [1.807, 2.05) is 11.9 Å². The van der Waals surface area contributed by atoms with Gasteiger partial charge in [-0.05, 0) is 19.1 Å². The van der Waals surface area contributed by atoms with Crippen LogP contribution in [-0.2, 0) is 13.1 Å². The SMILES string of the molecule is CC#CCn1c(N(C)CCN)nc2cnn(CC(=O)c3cccc(OC)c3)c(=O)c21. The van der Waals surface area contributed by atoms with Crippen LogP contribution >= 0.6 is 0 Å². The summed E-state index contributed by atoms with van der Waals surface area (Å²) in [6.45, 7) is 2.84. The van der Waals surface area contributed by atoms with Gasteiger partial charge in [-0.2, -0.15) is 5.10 Å². The van der Waals surface area contributed by atoms with E-state index in [0.29, 0.717) is 47.9 Å². The zero-order chi connectivity index (χ0) is 21.7. The van der Waals surface area contributed by atoms with Gasteiger partial charge < -0.3 is 15.4 Å². The Hall–Kier alpha value is -3.64. The number of anilines is 1. The van der Waals surface area contributed by atoms with Crippen LogP contribution < -0.4 is 20.9 Å². The second kappa shape index (κ2) is 9.24. The molecule has 1 aromatic carbocycles. The largest absolute Gasteiger partial charge is 0.497 e. The molecule has 9 nitrogen and oxygen atoms in total. The first kappa shape index (κ1) is 21.1. The highest BCUT2D eigenvalue weighted by atomic mass is 16.5. The number of rotatable bonds is 8. The highest BCUT2D eigenvalue weighted by Gasteiger charge is 2.19. The number of ketones is 1. The van der Waals surface area contributed by atoms with E-state index in [-0.39, 0.29) is 12.3 Å². The van der Waals surface area contributed by atoms with Crippen molar-refractivity contribution in [2.24, 2.45) is 5.73 Å². The Bertz CT molecular complexity index is 1180. The lowest BCUT2D eigenvalue weighted by molar-refractivity contribution is 0.0965. The second-order valence-corrected chi connectivity index (χ2v) is 6.63. The van der Waals surface area contributed by atoms with Crippen molar-refractivity contribution >= 4 is 22.8 Å². The van der Waals surface area contributed by atoms with E-state index >= 15 is 0 Å². The monoisotopic (exact) mass is 408 g/mol. The molecule has 0 radical (unpaired) electrons. The van der Waals surface area contributed by atoms with Crippen molar-refractivity contribution in [2.45, 2.75) is 20.0 Å². The Morgan fingerprint density at radius 3 is 2.87 bits per heavy atom. The molecular formula is C21H24N6O3. The van der Waals surface area contributed by atoms with Gasteiger partial charge in [0.2, 0.25) is 5.95 Å². The second-order valence-electron chi connectivity index (χ2n) is 6.63. The quantitative estimate of drug-likeness (QED) is 0.436. The van der Waals surface area contributed by atoms with Crippen molar-refractivity contribution in [1.29, 1.82) is 0 Å². The molecular weight excluding hydrogens is 384 g/mol. The number of benzene rings is 1. The van der Waals surface area contributed by atoms with Crippen molar-refractivity contribution in [2.75, 3.05) is 32.1 Å². The summed E-state index contributed by atoms with van der Waals surface area (Å²) >= 11 is 0. The number of ether oxygens (including phenoxy) is 1. The van der Waals surface area contributed by atoms with Gasteiger partial charge in [0.25, 0.3) is 5.56 Å². The lowest BCUT2D eigenvalue weighted by Gasteiger charge is -2.17. The molecule has 0 aliphatic heterocycles. The number of methoxy groups -OCH3 is 1. The number of imidazole rings is 1. The van der Waals surface area contributed by atoms with Crippen LogP contribution in [0.25, 0.3) is 11.0 Å². The van der Waals surface area contributed by atoms with Gasteiger partial charge in [0, 0.05) is 25.7 Å². The van der Waals surface area contributed by atoms with Gasteiger partial charge >= 0.3 is 0 Å². The fourth-order valence-corrected chi connectivity index (χ4v) is 3.10. The number of nitrogens with zero attached hydrogens (tertiary/aromatic N) is 5. The summed E-state index contributed by atoms with van der Waals surface area (Å²) in [5, 5.41) is 4.15. The smallest absolute Gasteiger partial charge is 0.293 e. The first-order valence-corrected chi connectivity index (χ1v) is 9.44. The van der Waals surface area contributed by atoms with Gasteiger partial charge in [0.05, 0.1) is 19.9 Å². The van der Waals surface area contributed by atoms with E-state index in [2.05, 4.69) is 21.9 Å². The van der Waals surface area contributed by atoms with E-state index in [0.717, 1.165) is 4.68 Å². The maximum Gasteiger partial charge on any atom is 0.293 e. The first-order valence-electron chi connectivity index (χ1n) is 9.44. The number of likely N-dealkylation sites (N-methyl/N-ethyl adjacent to an activating group) is 1. The van der Waals surface area contributed by atoms with Crippen LogP contribution in [-0.4, -0.2) is 52.4 Å². The topological polar surface area (TPSA) is 108 Å². The molecule has 3 aromatic rings. The lowest BCUT2D eigenvalue weighted by atomic mass is 10.1. The standard InChI is InChI=1S/C21H24N6O3/c1-4-5-10-26-19-17(24-21(26)25(2)11-9-22)13-23-27(20(19)29)14-18(28)15-7-6-8-16(12-15)30-3/h6-8,12-13H,9-11,14,22H2,1-3H3. The maximum absolute atomic E-state index is 13.2. The number of carbonyl (C=O) groups excluding carboxylic acids is 1. The van der Waals surface area contributed by atoms with Crippen LogP contribution in [0.5, 0.6) is 5.75 Å². The summed E-state index contributed by atoms with van der Waals surface area (Å²) in [7, 11) is 3.38. The molecule has 0 fully saturated rings. The fourth-order valence-electron chi connectivity index (χ4n) is 3.10. The third kappa shape index (κ3) is 4.18. The third-order valence-electron chi connectivity index (χ3n) is 4.64. The molecule has 0 bridgehead atoms. The van der Waals surface area contributed by atoms with Crippen molar-refractivity contribution < 1.29 is 9.53 Å².